The summed E-state index contributed by atoms with van der Waals surface area (Å²) in [7, 11) is 0. The highest BCUT2D eigenvalue weighted by Gasteiger charge is 2.35. The van der Waals surface area contributed by atoms with Crippen molar-refractivity contribution < 1.29 is 31.9 Å². The fraction of sp³-hybridized carbons (Fsp3) is 0.348. The Kier molecular flexibility index (Phi) is 6.57. The minimum atomic E-state index is -4.52. The first kappa shape index (κ1) is 24.1. The fourth-order valence-electron chi connectivity index (χ4n) is 3.93. The minimum absolute atomic E-state index is 0.0833. The van der Waals surface area contributed by atoms with Gasteiger partial charge in [0, 0.05) is 43.1 Å². The number of nitrogens with zero attached hydrogens (tertiary/aromatic N) is 2. The molecule has 2 aliphatic heterocycles. The van der Waals surface area contributed by atoms with Gasteiger partial charge in [-0.15, -0.1) is 11.8 Å². The van der Waals surface area contributed by atoms with Gasteiger partial charge in [0.25, 0.3) is 0 Å². The van der Waals surface area contributed by atoms with E-state index in [0.717, 1.165) is 23.9 Å². The maximum absolute atomic E-state index is 14.4. The van der Waals surface area contributed by atoms with Gasteiger partial charge in [-0.2, -0.15) is 13.2 Å². The van der Waals surface area contributed by atoms with E-state index in [4.69, 9.17) is 0 Å². The number of ketones is 1. The summed E-state index contributed by atoms with van der Waals surface area (Å²) in [6.07, 6.45) is -4.61. The van der Waals surface area contributed by atoms with Crippen LogP contribution in [-0.4, -0.2) is 53.9 Å². The van der Waals surface area contributed by atoms with Gasteiger partial charge in [0.05, 0.1) is 22.2 Å². The van der Waals surface area contributed by atoms with Crippen LogP contribution in [0.2, 0.25) is 0 Å². The Bertz CT molecular complexity index is 1150. The Labute approximate surface area is 197 Å². The third kappa shape index (κ3) is 5.03. The highest BCUT2D eigenvalue weighted by molar-refractivity contribution is 8.01. The van der Waals surface area contributed by atoms with Crippen LogP contribution in [0, 0.1) is 5.82 Å². The average molecular weight is 495 g/mol. The number of nitrogens with one attached hydrogen (secondary N) is 1. The molecule has 2 aromatic rings. The smallest absolute Gasteiger partial charge is 0.366 e. The number of Topliss-reactive ketones (excluding diaryl/α,β-unsaturated/α-hetero) is 1. The number of halogens is 4. The largest absolute Gasteiger partial charge is 0.416 e. The number of carbonyl (C=O) groups excluding carboxylic acids is 3. The second-order valence-electron chi connectivity index (χ2n) is 8.10. The summed E-state index contributed by atoms with van der Waals surface area (Å²) in [5.74, 6) is -1.50. The third-order valence-corrected chi connectivity index (χ3v) is 7.09. The van der Waals surface area contributed by atoms with Gasteiger partial charge in [0.2, 0.25) is 11.8 Å². The average Bonchev–Trinajstić information content (AvgIpc) is 2.78. The quantitative estimate of drug-likeness (QED) is 0.509. The maximum atomic E-state index is 14.4. The number of carbonyl (C=O) groups is 3. The molecule has 2 aliphatic rings. The van der Waals surface area contributed by atoms with Crippen molar-refractivity contribution in [3.05, 3.63) is 53.3 Å². The van der Waals surface area contributed by atoms with E-state index in [0.29, 0.717) is 36.8 Å². The number of piperazine rings is 1. The monoisotopic (exact) mass is 495 g/mol. The Morgan fingerprint density at radius 2 is 1.79 bits per heavy atom. The van der Waals surface area contributed by atoms with Gasteiger partial charge in [0.15, 0.2) is 5.78 Å². The molecule has 1 atom stereocenters. The molecule has 6 nitrogen and oxygen atoms in total. The first-order valence-electron chi connectivity index (χ1n) is 10.5. The second kappa shape index (κ2) is 9.28. The zero-order valence-corrected chi connectivity index (χ0v) is 18.9. The van der Waals surface area contributed by atoms with Crippen molar-refractivity contribution in [1.82, 2.24) is 4.90 Å². The van der Waals surface area contributed by atoms with Gasteiger partial charge < -0.3 is 15.1 Å². The molecule has 0 aromatic heterocycles. The van der Waals surface area contributed by atoms with E-state index in [2.05, 4.69) is 5.32 Å². The summed E-state index contributed by atoms with van der Waals surface area (Å²) in [5, 5.41) is 1.72. The van der Waals surface area contributed by atoms with Crippen molar-refractivity contribution in [2.45, 2.75) is 29.7 Å². The lowest BCUT2D eigenvalue weighted by molar-refractivity contribution is -0.137. The topological polar surface area (TPSA) is 69.7 Å². The molecule has 4 rings (SSSR count). The second-order valence-corrected chi connectivity index (χ2v) is 9.34. The van der Waals surface area contributed by atoms with Crippen molar-refractivity contribution in [2.75, 3.05) is 36.4 Å². The van der Waals surface area contributed by atoms with Crippen LogP contribution in [0.5, 0.6) is 0 Å². The summed E-state index contributed by atoms with van der Waals surface area (Å²) in [6.45, 7) is 2.79. The zero-order valence-electron chi connectivity index (χ0n) is 18.1. The molecule has 34 heavy (non-hydrogen) atoms. The molecule has 11 heteroatoms. The van der Waals surface area contributed by atoms with E-state index in [1.54, 1.807) is 21.9 Å². The summed E-state index contributed by atoms with van der Waals surface area (Å²) in [6, 6.07) is 7.44. The zero-order chi connectivity index (χ0) is 24.6. The van der Waals surface area contributed by atoms with Crippen molar-refractivity contribution in [3.8, 4) is 0 Å². The van der Waals surface area contributed by atoms with E-state index >= 15 is 0 Å². The molecule has 180 valence electrons. The Morgan fingerprint density at radius 3 is 2.41 bits per heavy atom. The predicted molar refractivity (Wildman–Crippen MR) is 120 cm³/mol. The lowest BCUT2D eigenvalue weighted by Gasteiger charge is -2.37. The van der Waals surface area contributed by atoms with Crippen LogP contribution in [0.25, 0.3) is 0 Å². The van der Waals surface area contributed by atoms with Gasteiger partial charge in [-0.25, -0.2) is 4.39 Å². The van der Waals surface area contributed by atoms with E-state index in [1.807, 2.05) is 0 Å². The van der Waals surface area contributed by atoms with Gasteiger partial charge in [-0.05, 0) is 43.3 Å². The van der Waals surface area contributed by atoms with Crippen LogP contribution in [0.1, 0.15) is 29.3 Å². The normalized spacial score (nSPS) is 18.4. The summed E-state index contributed by atoms with van der Waals surface area (Å²) >= 11 is 1.07. The molecule has 1 fully saturated rings. The van der Waals surface area contributed by atoms with Crippen LogP contribution in [-0.2, 0) is 15.8 Å². The molecule has 0 aliphatic carbocycles. The third-order valence-electron chi connectivity index (χ3n) is 5.81. The summed E-state index contributed by atoms with van der Waals surface area (Å²) in [5.41, 5.74) is -0.129. The number of benzene rings is 2. The van der Waals surface area contributed by atoms with Crippen LogP contribution >= 0.6 is 11.8 Å². The molecule has 1 saturated heterocycles. The standard InChI is InChI=1S/C23H21F4N3O3S/c1-13(31)14-2-4-18(16(24)10-14)29-6-8-30(9-7-29)21(32)12-20-22(33)28-17-11-15(23(25,26)27)3-5-19(17)34-20/h2-5,10-11,20H,6-9,12H2,1H3,(H,28,33). The van der Waals surface area contributed by atoms with Gasteiger partial charge >= 0.3 is 6.18 Å². The van der Waals surface area contributed by atoms with Gasteiger partial charge in [0.1, 0.15) is 5.82 Å². The molecule has 0 spiro atoms. The SMILES string of the molecule is CC(=O)c1ccc(N2CCN(C(=O)CC3Sc4ccc(C(F)(F)F)cc4NC3=O)CC2)c(F)c1. The first-order valence-corrected chi connectivity index (χ1v) is 11.4. The van der Waals surface area contributed by atoms with Gasteiger partial charge in [-0.1, -0.05) is 0 Å². The lowest BCUT2D eigenvalue weighted by Crippen LogP contribution is -2.50. The number of hydrogen-bond acceptors (Lipinski definition) is 5. The van der Waals surface area contributed by atoms with Crippen molar-refractivity contribution >= 4 is 40.7 Å². The number of fused-ring (bicyclic) bond motifs is 1. The minimum Gasteiger partial charge on any atom is -0.366 e. The van der Waals surface area contributed by atoms with Crippen molar-refractivity contribution in [1.29, 1.82) is 0 Å². The number of anilines is 2. The molecule has 2 aromatic carbocycles. The Hall–Kier alpha value is -3.08. The summed E-state index contributed by atoms with van der Waals surface area (Å²) in [4.78, 5) is 40.5. The number of hydrogen-bond donors (Lipinski definition) is 1. The summed E-state index contributed by atoms with van der Waals surface area (Å²) < 4.78 is 53.2. The van der Waals surface area contributed by atoms with Crippen LogP contribution in [0.15, 0.2) is 41.3 Å². The lowest BCUT2D eigenvalue weighted by atomic mass is 10.1. The molecular formula is C23H21F4N3O3S. The number of amides is 2. The van der Waals surface area contributed by atoms with Crippen LogP contribution < -0.4 is 10.2 Å². The van der Waals surface area contributed by atoms with E-state index in [-0.39, 0.29) is 29.4 Å². The van der Waals surface area contributed by atoms with Gasteiger partial charge in [-0.3, -0.25) is 14.4 Å². The molecule has 1 unspecified atom stereocenters. The molecular weight excluding hydrogens is 474 g/mol. The Morgan fingerprint density at radius 1 is 1.09 bits per heavy atom. The molecule has 1 N–H and O–H groups in total. The highest BCUT2D eigenvalue weighted by Crippen LogP contribution is 2.40. The predicted octanol–water partition coefficient (Wildman–Crippen LogP) is 4.20. The van der Waals surface area contributed by atoms with E-state index in [1.165, 1.54) is 19.1 Å². The molecule has 0 saturated carbocycles. The molecule has 0 bridgehead atoms. The Balaban J connectivity index is 1.35. The molecule has 2 amide bonds. The maximum Gasteiger partial charge on any atom is 0.416 e. The number of alkyl halides is 3. The molecule has 0 radical (unpaired) electrons. The molecule has 2 heterocycles. The van der Waals surface area contributed by atoms with Crippen molar-refractivity contribution in [2.24, 2.45) is 0 Å². The van der Waals surface area contributed by atoms with Crippen LogP contribution in [0.4, 0.5) is 28.9 Å². The van der Waals surface area contributed by atoms with E-state index in [9.17, 15) is 31.9 Å². The number of rotatable bonds is 4. The highest BCUT2D eigenvalue weighted by atomic mass is 32.2. The fourth-order valence-corrected chi connectivity index (χ4v) is 5.01. The van der Waals surface area contributed by atoms with Crippen molar-refractivity contribution in [3.63, 3.8) is 0 Å². The number of thioether (sulfide) groups is 1. The van der Waals surface area contributed by atoms with E-state index < -0.39 is 28.7 Å². The van der Waals surface area contributed by atoms with Crippen LogP contribution in [0.3, 0.4) is 0 Å². The first-order chi connectivity index (χ1) is 16.0.